The number of aryl methyl sites for hydroxylation is 1. The first kappa shape index (κ1) is 17.0. The fraction of sp³-hybridized carbons (Fsp3) is 0.105. The number of benzene rings is 2. The van der Waals surface area contributed by atoms with Gasteiger partial charge in [-0.3, -0.25) is 4.79 Å². The van der Waals surface area contributed by atoms with Gasteiger partial charge in [0.1, 0.15) is 10.8 Å². The average Bonchev–Trinajstić information content (AvgIpc) is 3.15. The zero-order chi connectivity index (χ0) is 18.6. The normalized spacial score (nSPS) is 11.3. The fourth-order valence-electron chi connectivity index (χ4n) is 2.61. The minimum Gasteiger partial charge on any atom is -0.315 e. The molecule has 0 saturated heterocycles. The number of aliphatic imine (C=N–C) groups is 1. The van der Waals surface area contributed by atoms with Gasteiger partial charge in [-0.25, -0.2) is 14.7 Å². The molecule has 2 aromatic carbocycles. The van der Waals surface area contributed by atoms with Crippen LogP contribution in [0, 0.1) is 6.92 Å². The van der Waals surface area contributed by atoms with Crippen LogP contribution in [0.4, 0.5) is 5.13 Å². The predicted octanol–water partition coefficient (Wildman–Crippen LogP) is 3.05. The number of para-hydroxylation sites is 1. The summed E-state index contributed by atoms with van der Waals surface area (Å²) >= 11 is 1.37. The van der Waals surface area contributed by atoms with E-state index in [2.05, 4.69) is 25.6 Å². The fourth-order valence-corrected chi connectivity index (χ4v) is 3.23. The number of rotatable bonds is 5. The average molecular weight is 376 g/mol. The zero-order valence-electron chi connectivity index (χ0n) is 14.5. The lowest BCUT2D eigenvalue weighted by Crippen LogP contribution is -2.31. The molecule has 0 unspecified atom stereocenters. The van der Waals surface area contributed by atoms with E-state index in [0.717, 1.165) is 10.6 Å². The molecule has 0 aliphatic carbocycles. The number of hydrogen-bond acceptors (Lipinski definition) is 7. The summed E-state index contributed by atoms with van der Waals surface area (Å²) in [7, 11) is 0. The third-order valence-corrected chi connectivity index (χ3v) is 4.74. The summed E-state index contributed by atoms with van der Waals surface area (Å²) in [6, 6.07) is 17.1. The third-order valence-electron chi connectivity index (χ3n) is 3.91. The molecule has 0 saturated carbocycles. The molecule has 0 atom stereocenters. The van der Waals surface area contributed by atoms with Crippen LogP contribution in [-0.4, -0.2) is 26.1 Å². The van der Waals surface area contributed by atoms with E-state index in [1.165, 1.54) is 16.0 Å². The summed E-state index contributed by atoms with van der Waals surface area (Å²) in [5, 5.41) is 10.1. The Balaban J connectivity index is 1.50. The second-order valence-electron chi connectivity index (χ2n) is 5.80. The van der Waals surface area contributed by atoms with Gasteiger partial charge in [0.05, 0.1) is 17.4 Å². The quantitative estimate of drug-likeness (QED) is 0.541. The van der Waals surface area contributed by atoms with Crippen molar-refractivity contribution < 1.29 is 0 Å². The summed E-state index contributed by atoms with van der Waals surface area (Å²) in [6.45, 7) is 2.15. The molecule has 2 heterocycles. The Hall–Kier alpha value is -3.39. The lowest BCUT2D eigenvalue weighted by molar-refractivity contribution is 0.748. The summed E-state index contributed by atoms with van der Waals surface area (Å²) in [6.07, 6.45) is 1.75. The minimum absolute atomic E-state index is 0.134. The van der Waals surface area contributed by atoms with Crippen LogP contribution in [0.15, 0.2) is 64.4 Å². The third kappa shape index (κ3) is 3.75. The summed E-state index contributed by atoms with van der Waals surface area (Å²) in [5.74, 6) is 0.588. The van der Waals surface area contributed by atoms with E-state index in [-0.39, 0.29) is 5.56 Å². The predicted molar refractivity (Wildman–Crippen MR) is 107 cm³/mol. The molecule has 7 nitrogen and oxygen atoms in total. The van der Waals surface area contributed by atoms with Crippen molar-refractivity contribution in [3.05, 3.63) is 81.3 Å². The minimum atomic E-state index is -0.134. The van der Waals surface area contributed by atoms with Crippen LogP contribution in [-0.2, 0) is 6.54 Å². The van der Waals surface area contributed by atoms with Gasteiger partial charge in [-0.15, -0.1) is 10.2 Å². The van der Waals surface area contributed by atoms with Gasteiger partial charge >= 0.3 is 0 Å². The van der Waals surface area contributed by atoms with Crippen molar-refractivity contribution in [1.29, 1.82) is 0 Å². The van der Waals surface area contributed by atoms with E-state index in [1.54, 1.807) is 19.2 Å². The van der Waals surface area contributed by atoms with E-state index in [0.29, 0.717) is 28.4 Å². The van der Waals surface area contributed by atoms with Crippen LogP contribution in [0.2, 0.25) is 0 Å². The van der Waals surface area contributed by atoms with Crippen LogP contribution in [0.25, 0.3) is 10.9 Å². The molecule has 0 aliphatic rings. The Morgan fingerprint density at radius 3 is 2.74 bits per heavy atom. The molecule has 2 aromatic heterocycles. The van der Waals surface area contributed by atoms with E-state index >= 15 is 0 Å². The van der Waals surface area contributed by atoms with Gasteiger partial charge in [0.25, 0.3) is 5.56 Å². The molecular weight excluding hydrogens is 360 g/mol. The van der Waals surface area contributed by atoms with Crippen LogP contribution in [0.1, 0.15) is 16.4 Å². The molecule has 0 amide bonds. The maximum absolute atomic E-state index is 12.6. The Kier molecular flexibility index (Phi) is 4.71. The lowest BCUT2D eigenvalue weighted by Gasteiger charge is -2.11. The van der Waals surface area contributed by atoms with Gasteiger partial charge in [-0.2, -0.15) is 0 Å². The van der Waals surface area contributed by atoms with Crippen molar-refractivity contribution >= 4 is 33.6 Å². The monoisotopic (exact) mass is 376 g/mol. The first-order valence-corrected chi connectivity index (χ1v) is 9.16. The van der Waals surface area contributed by atoms with Crippen LogP contribution in [0.3, 0.4) is 0 Å². The second kappa shape index (κ2) is 7.46. The largest absolute Gasteiger partial charge is 0.315 e. The van der Waals surface area contributed by atoms with E-state index in [9.17, 15) is 4.79 Å². The topological polar surface area (TPSA) is 85.1 Å². The van der Waals surface area contributed by atoms with Gasteiger partial charge in [0.15, 0.2) is 0 Å². The number of fused-ring (bicyclic) bond motifs is 1. The lowest BCUT2D eigenvalue weighted by atomic mass is 10.2. The van der Waals surface area contributed by atoms with Gasteiger partial charge < -0.3 is 5.43 Å². The molecule has 0 aliphatic heterocycles. The zero-order valence-corrected chi connectivity index (χ0v) is 15.3. The maximum atomic E-state index is 12.6. The molecule has 1 N–H and O–H groups in total. The van der Waals surface area contributed by atoms with Crippen LogP contribution in [0.5, 0.6) is 0 Å². The maximum Gasteiger partial charge on any atom is 0.279 e. The van der Waals surface area contributed by atoms with Crippen molar-refractivity contribution in [1.82, 2.24) is 19.9 Å². The summed E-state index contributed by atoms with van der Waals surface area (Å²) < 4.78 is 1.44. The highest BCUT2D eigenvalue weighted by Gasteiger charge is 2.09. The standard InChI is InChI=1S/C19H16N6OS/c1-13-22-16-10-6-5-9-15(16)18(26)25(13)21-12-17-23-24-19(27-17)20-11-14-7-3-2-4-8-14/h2-11,21H,12H2,1H3. The van der Waals surface area contributed by atoms with Crippen molar-refractivity contribution in [2.24, 2.45) is 4.99 Å². The van der Waals surface area contributed by atoms with E-state index in [4.69, 9.17) is 0 Å². The van der Waals surface area contributed by atoms with Crippen LogP contribution >= 0.6 is 11.3 Å². The summed E-state index contributed by atoms with van der Waals surface area (Å²) in [5.41, 5.74) is 4.62. The van der Waals surface area contributed by atoms with Crippen molar-refractivity contribution in [2.75, 3.05) is 5.43 Å². The number of hydrogen-bond donors (Lipinski definition) is 1. The van der Waals surface area contributed by atoms with Crippen LogP contribution < -0.4 is 11.0 Å². The van der Waals surface area contributed by atoms with E-state index in [1.807, 2.05) is 48.5 Å². The Morgan fingerprint density at radius 1 is 1.11 bits per heavy atom. The van der Waals surface area contributed by atoms with E-state index < -0.39 is 0 Å². The van der Waals surface area contributed by atoms with Gasteiger partial charge in [-0.05, 0) is 24.6 Å². The molecule has 0 bridgehead atoms. The molecular formula is C19H16N6OS. The molecule has 8 heteroatoms. The summed E-state index contributed by atoms with van der Waals surface area (Å²) in [4.78, 5) is 21.4. The molecule has 4 rings (SSSR count). The highest BCUT2D eigenvalue weighted by molar-refractivity contribution is 7.14. The molecule has 134 valence electrons. The highest BCUT2D eigenvalue weighted by Crippen LogP contribution is 2.18. The number of nitrogens with one attached hydrogen (secondary N) is 1. The van der Waals surface area contributed by atoms with Crippen molar-refractivity contribution in [3.8, 4) is 0 Å². The Bertz CT molecular complexity index is 1170. The number of nitrogens with zero attached hydrogens (tertiary/aromatic N) is 5. The van der Waals surface area contributed by atoms with Gasteiger partial charge in [0.2, 0.25) is 5.13 Å². The van der Waals surface area contributed by atoms with Crippen molar-refractivity contribution in [3.63, 3.8) is 0 Å². The number of aromatic nitrogens is 4. The second-order valence-corrected chi connectivity index (χ2v) is 6.84. The highest BCUT2D eigenvalue weighted by atomic mass is 32.1. The van der Waals surface area contributed by atoms with Crippen molar-refractivity contribution in [2.45, 2.75) is 13.5 Å². The first-order valence-electron chi connectivity index (χ1n) is 8.34. The molecule has 4 aromatic rings. The molecule has 0 fully saturated rings. The molecule has 0 radical (unpaired) electrons. The smallest absolute Gasteiger partial charge is 0.279 e. The first-order chi connectivity index (χ1) is 13.2. The van der Waals surface area contributed by atoms with Gasteiger partial charge in [-0.1, -0.05) is 53.8 Å². The molecule has 0 spiro atoms. The SMILES string of the molecule is Cc1nc2ccccc2c(=O)n1NCc1nnc(N=Cc2ccccc2)s1. The van der Waals surface area contributed by atoms with Gasteiger partial charge in [0, 0.05) is 6.21 Å². The Morgan fingerprint density at radius 2 is 1.89 bits per heavy atom. The molecule has 27 heavy (non-hydrogen) atoms. The Labute approximate surface area is 159 Å².